The number of rotatable bonds is 1. The molecule has 0 spiro atoms. The van der Waals surface area contributed by atoms with E-state index in [0.717, 1.165) is 10.3 Å². The van der Waals surface area contributed by atoms with Gasteiger partial charge in [0.25, 0.3) is 0 Å². The number of aliphatic hydroxyl groups is 1. The lowest BCUT2D eigenvalue weighted by Crippen LogP contribution is -1.81. The molecular formula is C7H4Cl2N2OS. The maximum Gasteiger partial charge on any atom is 0.225 e. The largest absolute Gasteiger partial charge is 0.391 e. The van der Waals surface area contributed by atoms with E-state index >= 15 is 0 Å². The van der Waals surface area contributed by atoms with Gasteiger partial charge < -0.3 is 5.11 Å². The molecule has 2 rings (SSSR count). The van der Waals surface area contributed by atoms with Crippen molar-refractivity contribution in [1.29, 1.82) is 0 Å². The molecule has 6 heteroatoms. The van der Waals surface area contributed by atoms with E-state index in [0.29, 0.717) is 9.98 Å². The topological polar surface area (TPSA) is 46.0 Å². The summed E-state index contributed by atoms with van der Waals surface area (Å²) in [5.41, 5.74) is 0. The first-order valence-electron chi connectivity index (χ1n) is 3.43. The van der Waals surface area contributed by atoms with Crippen LogP contribution in [0.15, 0.2) is 6.07 Å². The van der Waals surface area contributed by atoms with Crippen LogP contribution in [-0.2, 0) is 6.61 Å². The first-order chi connectivity index (χ1) is 6.20. The quantitative estimate of drug-likeness (QED) is 0.610. The van der Waals surface area contributed by atoms with Gasteiger partial charge in [-0.1, -0.05) is 11.6 Å². The minimum Gasteiger partial charge on any atom is -0.391 e. The van der Waals surface area contributed by atoms with Crippen LogP contribution in [-0.4, -0.2) is 15.1 Å². The summed E-state index contributed by atoms with van der Waals surface area (Å²) < 4.78 is 0. The maximum absolute atomic E-state index is 8.88. The van der Waals surface area contributed by atoms with Crippen molar-refractivity contribution in [2.24, 2.45) is 0 Å². The molecule has 1 N–H and O–H groups in total. The summed E-state index contributed by atoms with van der Waals surface area (Å²) in [4.78, 5) is 9.28. The molecule has 0 aliphatic carbocycles. The predicted octanol–water partition coefficient (Wildman–Crippen LogP) is 2.49. The van der Waals surface area contributed by atoms with Gasteiger partial charge in [-0.25, -0.2) is 9.97 Å². The number of hydrogen-bond acceptors (Lipinski definition) is 4. The van der Waals surface area contributed by atoms with Gasteiger partial charge >= 0.3 is 0 Å². The molecular weight excluding hydrogens is 231 g/mol. The fourth-order valence-corrected chi connectivity index (χ4v) is 2.42. The number of aliphatic hydroxyl groups excluding tert-OH is 1. The molecule has 68 valence electrons. The van der Waals surface area contributed by atoms with E-state index in [-0.39, 0.29) is 11.9 Å². The summed E-state index contributed by atoms with van der Waals surface area (Å²) in [6.45, 7) is -0.0189. The number of aromatic nitrogens is 2. The summed E-state index contributed by atoms with van der Waals surface area (Å²) in [7, 11) is 0. The number of thiophene rings is 1. The van der Waals surface area contributed by atoms with Crippen LogP contribution in [0.5, 0.6) is 0 Å². The van der Waals surface area contributed by atoms with Crippen LogP contribution in [0.1, 0.15) is 4.88 Å². The van der Waals surface area contributed by atoms with Crippen molar-refractivity contribution in [2.45, 2.75) is 6.61 Å². The van der Waals surface area contributed by atoms with Crippen LogP contribution in [0.4, 0.5) is 0 Å². The molecule has 2 aromatic rings. The van der Waals surface area contributed by atoms with Crippen LogP contribution in [0.2, 0.25) is 10.4 Å². The summed E-state index contributed by atoms with van der Waals surface area (Å²) in [5, 5.41) is 10.1. The highest BCUT2D eigenvalue weighted by molar-refractivity contribution is 7.18. The van der Waals surface area contributed by atoms with E-state index in [9.17, 15) is 0 Å². The Morgan fingerprint density at radius 1 is 1.38 bits per heavy atom. The van der Waals surface area contributed by atoms with Crippen molar-refractivity contribution >= 4 is 44.8 Å². The Bertz CT molecular complexity index is 457. The normalized spacial score (nSPS) is 11.0. The molecule has 0 aliphatic rings. The summed E-state index contributed by atoms with van der Waals surface area (Å²) in [6.07, 6.45) is 0. The molecule has 0 saturated carbocycles. The Labute approximate surface area is 88.0 Å². The van der Waals surface area contributed by atoms with Gasteiger partial charge in [-0.2, -0.15) is 0 Å². The molecule has 0 saturated heterocycles. The third kappa shape index (κ3) is 1.62. The number of hydrogen-bond donors (Lipinski definition) is 1. The zero-order chi connectivity index (χ0) is 9.42. The third-order valence-electron chi connectivity index (χ3n) is 1.53. The second kappa shape index (κ2) is 3.38. The average molecular weight is 235 g/mol. The standard InChI is InChI=1S/C7H4Cl2N2OS/c8-5-4-1-3(2-12)13-6(4)11-7(9)10-5/h1,12H,2H2. The summed E-state index contributed by atoms with van der Waals surface area (Å²) in [5.74, 6) is 0. The van der Waals surface area contributed by atoms with Crippen molar-refractivity contribution in [3.63, 3.8) is 0 Å². The molecule has 0 fully saturated rings. The molecule has 2 heterocycles. The fraction of sp³-hybridized carbons (Fsp3) is 0.143. The van der Waals surface area contributed by atoms with Crippen LogP contribution in [0, 0.1) is 0 Å². The highest BCUT2D eigenvalue weighted by atomic mass is 35.5. The van der Waals surface area contributed by atoms with Crippen molar-refractivity contribution in [1.82, 2.24) is 9.97 Å². The van der Waals surface area contributed by atoms with Crippen LogP contribution >= 0.6 is 34.5 Å². The maximum atomic E-state index is 8.88. The lowest BCUT2D eigenvalue weighted by molar-refractivity contribution is 0.285. The summed E-state index contributed by atoms with van der Waals surface area (Å²) in [6, 6.07) is 1.76. The lowest BCUT2D eigenvalue weighted by atomic mass is 10.4. The van der Waals surface area contributed by atoms with Crippen molar-refractivity contribution in [3.8, 4) is 0 Å². The Kier molecular flexibility index (Phi) is 2.38. The van der Waals surface area contributed by atoms with Crippen molar-refractivity contribution in [3.05, 3.63) is 21.4 Å². The van der Waals surface area contributed by atoms with Crippen LogP contribution in [0.3, 0.4) is 0 Å². The van der Waals surface area contributed by atoms with E-state index in [1.165, 1.54) is 11.3 Å². The number of fused-ring (bicyclic) bond motifs is 1. The predicted molar refractivity (Wildman–Crippen MR) is 53.4 cm³/mol. The summed E-state index contributed by atoms with van der Waals surface area (Å²) >= 11 is 12.8. The van der Waals surface area contributed by atoms with Gasteiger partial charge in [0.1, 0.15) is 9.98 Å². The third-order valence-corrected chi connectivity index (χ3v) is 3.00. The van der Waals surface area contributed by atoms with Gasteiger partial charge in [0.2, 0.25) is 5.28 Å². The molecule has 0 atom stereocenters. The molecule has 0 unspecified atom stereocenters. The van der Waals surface area contributed by atoms with Crippen molar-refractivity contribution < 1.29 is 5.11 Å². The van der Waals surface area contributed by atoms with E-state index in [1.54, 1.807) is 6.07 Å². The van der Waals surface area contributed by atoms with Gasteiger partial charge in [0.15, 0.2) is 0 Å². The minimum atomic E-state index is -0.0189. The fourth-order valence-electron chi connectivity index (χ4n) is 0.990. The number of nitrogens with zero attached hydrogens (tertiary/aromatic N) is 2. The van der Waals surface area contributed by atoms with Gasteiger partial charge in [0, 0.05) is 10.3 Å². The van der Waals surface area contributed by atoms with E-state index in [1.807, 2.05) is 0 Å². The molecule has 0 radical (unpaired) electrons. The monoisotopic (exact) mass is 234 g/mol. The molecule has 0 bridgehead atoms. The Morgan fingerprint density at radius 3 is 2.85 bits per heavy atom. The van der Waals surface area contributed by atoms with Crippen molar-refractivity contribution in [2.75, 3.05) is 0 Å². The van der Waals surface area contributed by atoms with E-state index in [2.05, 4.69) is 9.97 Å². The highest BCUT2D eigenvalue weighted by Crippen LogP contribution is 2.29. The van der Waals surface area contributed by atoms with Gasteiger partial charge in [-0.3, -0.25) is 0 Å². The zero-order valence-corrected chi connectivity index (χ0v) is 8.62. The zero-order valence-electron chi connectivity index (χ0n) is 6.29. The molecule has 0 aliphatic heterocycles. The van der Waals surface area contributed by atoms with Gasteiger partial charge in [0.05, 0.1) is 6.61 Å². The SMILES string of the molecule is OCc1cc2c(Cl)nc(Cl)nc2s1. The molecule has 2 aromatic heterocycles. The van der Waals surface area contributed by atoms with Gasteiger partial charge in [-0.15, -0.1) is 11.3 Å². The lowest BCUT2D eigenvalue weighted by Gasteiger charge is -1.91. The second-order valence-electron chi connectivity index (χ2n) is 2.37. The Morgan fingerprint density at radius 2 is 2.15 bits per heavy atom. The smallest absolute Gasteiger partial charge is 0.225 e. The number of halogens is 2. The Hall–Kier alpha value is -0.420. The molecule has 0 amide bonds. The first kappa shape index (κ1) is 9.15. The average Bonchev–Trinajstić information content (AvgIpc) is 2.47. The van der Waals surface area contributed by atoms with E-state index < -0.39 is 0 Å². The van der Waals surface area contributed by atoms with Crippen LogP contribution < -0.4 is 0 Å². The van der Waals surface area contributed by atoms with Crippen LogP contribution in [0.25, 0.3) is 10.2 Å². The molecule has 13 heavy (non-hydrogen) atoms. The molecule has 3 nitrogen and oxygen atoms in total. The Balaban J connectivity index is 2.75. The van der Waals surface area contributed by atoms with Gasteiger partial charge in [-0.05, 0) is 17.7 Å². The second-order valence-corrected chi connectivity index (χ2v) is 4.18. The first-order valence-corrected chi connectivity index (χ1v) is 5.00. The highest BCUT2D eigenvalue weighted by Gasteiger charge is 2.08. The van der Waals surface area contributed by atoms with E-state index in [4.69, 9.17) is 28.3 Å². The minimum absolute atomic E-state index is 0.0189. The molecule has 0 aromatic carbocycles.